The summed E-state index contributed by atoms with van der Waals surface area (Å²) in [6.45, 7) is 6.76. The molecule has 0 aliphatic heterocycles. The second kappa shape index (κ2) is 8.25. The van der Waals surface area contributed by atoms with E-state index in [9.17, 15) is 14.4 Å². The summed E-state index contributed by atoms with van der Waals surface area (Å²) in [5.41, 5.74) is 3.32. The third-order valence-corrected chi connectivity index (χ3v) is 3.89. The molecule has 0 radical (unpaired) electrons. The van der Waals surface area contributed by atoms with E-state index in [1.54, 1.807) is 49.4 Å². The van der Waals surface area contributed by atoms with Crippen molar-refractivity contribution < 1.29 is 19.1 Å². The molecule has 0 aliphatic carbocycles. The number of nitrogens with one attached hydrogen (secondary N) is 1. The van der Waals surface area contributed by atoms with Crippen LogP contribution in [0, 0.1) is 13.8 Å². The van der Waals surface area contributed by atoms with Crippen molar-refractivity contribution in [3.63, 3.8) is 0 Å². The molecule has 2 rings (SSSR count). The Morgan fingerprint density at radius 3 is 2.31 bits per heavy atom. The summed E-state index contributed by atoms with van der Waals surface area (Å²) in [7, 11) is 0. The van der Waals surface area contributed by atoms with Crippen LogP contribution in [-0.2, 0) is 9.59 Å². The van der Waals surface area contributed by atoms with Crippen LogP contribution < -0.4 is 10.1 Å². The van der Waals surface area contributed by atoms with Gasteiger partial charge in [-0.25, -0.2) is 4.79 Å². The number of carbonyl (C=O) groups excluding carboxylic acids is 3. The van der Waals surface area contributed by atoms with Gasteiger partial charge in [0.2, 0.25) is 5.91 Å². The van der Waals surface area contributed by atoms with Crippen LogP contribution in [0.2, 0.25) is 0 Å². The highest BCUT2D eigenvalue weighted by molar-refractivity contribution is 6.06. The molecular weight excluding hydrogens is 330 g/mol. The van der Waals surface area contributed by atoms with Gasteiger partial charge in [0, 0.05) is 12.5 Å². The Kier molecular flexibility index (Phi) is 6.07. The fourth-order valence-corrected chi connectivity index (χ4v) is 2.31. The first-order valence-corrected chi connectivity index (χ1v) is 8.16. The maximum atomic E-state index is 12.6. The number of aryl methyl sites for hydroxylation is 2. The van der Waals surface area contributed by atoms with E-state index in [1.165, 1.54) is 6.92 Å². The molecule has 2 aromatic rings. The van der Waals surface area contributed by atoms with E-state index >= 15 is 0 Å². The molecule has 0 heterocycles. The van der Waals surface area contributed by atoms with Gasteiger partial charge in [-0.1, -0.05) is 24.3 Å². The summed E-state index contributed by atoms with van der Waals surface area (Å²) in [6, 6.07) is 12.3. The number of amides is 2. The molecule has 0 atom stereocenters. The lowest BCUT2D eigenvalue weighted by atomic mass is 10.0. The fraction of sp³-hybridized carbons (Fsp3) is 0.190. The lowest BCUT2D eigenvalue weighted by molar-refractivity contribution is -0.127. The topological polar surface area (TPSA) is 72.5 Å². The average molecular weight is 351 g/mol. The molecule has 0 unspecified atom stereocenters. The van der Waals surface area contributed by atoms with Crippen LogP contribution in [0.25, 0.3) is 6.08 Å². The van der Waals surface area contributed by atoms with Crippen LogP contribution >= 0.6 is 0 Å². The number of hydrogen-bond donors (Lipinski definition) is 1. The predicted octanol–water partition coefficient (Wildman–Crippen LogP) is 3.59. The highest BCUT2D eigenvalue weighted by atomic mass is 16.5. The zero-order chi connectivity index (χ0) is 19.3. The number of benzene rings is 2. The molecule has 0 bridgehead atoms. The zero-order valence-corrected chi connectivity index (χ0v) is 15.3. The minimum Gasteiger partial charge on any atom is -0.423 e. The Morgan fingerprint density at radius 1 is 0.962 bits per heavy atom. The van der Waals surface area contributed by atoms with Gasteiger partial charge in [-0.3, -0.25) is 14.9 Å². The normalized spacial score (nSPS) is 11.0. The first kappa shape index (κ1) is 19.1. The molecule has 0 saturated heterocycles. The highest BCUT2D eigenvalue weighted by Gasteiger charge is 2.14. The van der Waals surface area contributed by atoms with Crippen LogP contribution in [0.4, 0.5) is 0 Å². The van der Waals surface area contributed by atoms with E-state index in [4.69, 9.17) is 4.74 Å². The molecule has 2 amide bonds. The molecule has 0 spiro atoms. The summed E-state index contributed by atoms with van der Waals surface area (Å²) >= 11 is 0. The minimum atomic E-state index is -0.514. The number of imide groups is 1. The molecule has 0 fully saturated rings. The fourth-order valence-electron chi connectivity index (χ4n) is 2.31. The van der Waals surface area contributed by atoms with Crippen molar-refractivity contribution in [2.45, 2.75) is 27.7 Å². The van der Waals surface area contributed by atoms with Gasteiger partial charge in [-0.05, 0) is 61.7 Å². The Hall–Kier alpha value is -3.21. The Labute approximate surface area is 152 Å². The van der Waals surface area contributed by atoms with Gasteiger partial charge in [-0.15, -0.1) is 0 Å². The van der Waals surface area contributed by atoms with E-state index in [0.717, 1.165) is 11.1 Å². The standard InChI is InChI=1S/C21H21NO4/c1-13-9-10-18(12-14(13)2)26-21(25)19-8-6-5-7-17(19)11-15(3)20(24)22-16(4)23/h5-12H,1-4H3,(H,22,23,24)/b15-11+. The molecule has 1 N–H and O–H groups in total. The maximum Gasteiger partial charge on any atom is 0.344 e. The van der Waals surface area contributed by atoms with Gasteiger partial charge in [-0.2, -0.15) is 0 Å². The van der Waals surface area contributed by atoms with Gasteiger partial charge in [0.15, 0.2) is 0 Å². The Morgan fingerprint density at radius 2 is 1.65 bits per heavy atom. The quantitative estimate of drug-likeness (QED) is 0.519. The van der Waals surface area contributed by atoms with E-state index in [2.05, 4.69) is 5.32 Å². The third kappa shape index (κ3) is 4.89. The van der Waals surface area contributed by atoms with E-state index in [1.807, 2.05) is 19.9 Å². The molecule has 26 heavy (non-hydrogen) atoms. The molecule has 5 nitrogen and oxygen atoms in total. The minimum absolute atomic E-state index is 0.312. The number of hydrogen-bond acceptors (Lipinski definition) is 4. The maximum absolute atomic E-state index is 12.6. The largest absolute Gasteiger partial charge is 0.423 e. The molecular formula is C21H21NO4. The smallest absolute Gasteiger partial charge is 0.344 e. The van der Waals surface area contributed by atoms with Crippen LogP contribution in [-0.4, -0.2) is 17.8 Å². The van der Waals surface area contributed by atoms with Gasteiger partial charge in [0.05, 0.1) is 5.56 Å². The van der Waals surface area contributed by atoms with Gasteiger partial charge < -0.3 is 4.74 Å². The van der Waals surface area contributed by atoms with Crippen molar-refractivity contribution in [3.8, 4) is 5.75 Å². The summed E-state index contributed by atoms with van der Waals surface area (Å²) in [5, 5.41) is 2.20. The van der Waals surface area contributed by atoms with Gasteiger partial charge in [0.1, 0.15) is 5.75 Å². The van der Waals surface area contributed by atoms with Crippen LogP contribution in [0.15, 0.2) is 48.0 Å². The van der Waals surface area contributed by atoms with Crippen molar-refractivity contribution in [1.29, 1.82) is 0 Å². The number of carbonyl (C=O) groups is 3. The number of ether oxygens (including phenoxy) is 1. The van der Waals surface area contributed by atoms with Crippen molar-refractivity contribution in [2.75, 3.05) is 0 Å². The number of esters is 1. The number of rotatable bonds is 4. The van der Waals surface area contributed by atoms with E-state index in [-0.39, 0.29) is 0 Å². The zero-order valence-electron chi connectivity index (χ0n) is 15.3. The van der Waals surface area contributed by atoms with Crippen LogP contribution in [0.1, 0.15) is 40.9 Å². The lowest BCUT2D eigenvalue weighted by Crippen LogP contribution is -2.28. The highest BCUT2D eigenvalue weighted by Crippen LogP contribution is 2.20. The second-order valence-corrected chi connectivity index (χ2v) is 6.06. The second-order valence-electron chi connectivity index (χ2n) is 6.06. The molecule has 134 valence electrons. The molecule has 2 aromatic carbocycles. The predicted molar refractivity (Wildman–Crippen MR) is 99.8 cm³/mol. The Bertz CT molecular complexity index is 897. The Balaban J connectivity index is 2.27. The summed E-state index contributed by atoms with van der Waals surface area (Å²) < 4.78 is 5.46. The van der Waals surface area contributed by atoms with Gasteiger partial charge in [0.25, 0.3) is 5.91 Å². The molecule has 5 heteroatoms. The SMILES string of the molecule is CC(=O)NC(=O)/C(C)=C/c1ccccc1C(=O)Oc1ccc(C)c(C)c1. The first-order valence-electron chi connectivity index (χ1n) is 8.16. The third-order valence-electron chi connectivity index (χ3n) is 3.89. The van der Waals surface area contributed by atoms with Crippen LogP contribution in [0.3, 0.4) is 0 Å². The van der Waals surface area contributed by atoms with E-state index < -0.39 is 17.8 Å². The molecule has 0 saturated carbocycles. The first-order chi connectivity index (χ1) is 12.3. The van der Waals surface area contributed by atoms with Crippen LogP contribution in [0.5, 0.6) is 5.75 Å². The monoisotopic (exact) mass is 351 g/mol. The van der Waals surface area contributed by atoms with E-state index in [0.29, 0.717) is 22.4 Å². The summed E-state index contributed by atoms with van der Waals surface area (Å²) in [5.74, 6) is -0.997. The van der Waals surface area contributed by atoms with Crippen molar-refractivity contribution in [1.82, 2.24) is 5.32 Å². The van der Waals surface area contributed by atoms with Crippen molar-refractivity contribution >= 4 is 23.9 Å². The summed E-state index contributed by atoms with van der Waals surface area (Å²) in [4.78, 5) is 35.4. The van der Waals surface area contributed by atoms with Crippen molar-refractivity contribution in [3.05, 3.63) is 70.3 Å². The summed E-state index contributed by atoms with van der Waals surface area (Å²) in [6.07, 6.45) is 1.55. The lowest BCUT2D eigenvalue weighted by Gasteiger charge is -2.09. The molecule has 0 aliphatic rings. The van der Waals surface area contributed by atoms with Crippen molar-refractivity contribution in [2.24, 2.45) is 0 Å². The van der Waals surface area contributed by atoms with Gasteiger partial charge >= 0.3 is 5.97 Å². The average Bonchev–Trinajstić information content (AvgIpc) is 2.58. The molecule has 0 aromatic heterocycles.